The Balaban J connectivity index is 1.75. The van der Waals surface area contributed by atoms with Gasteiger partial charge in [-0.1, -0.05) is 5.10 Å². The van der Waals surface area contributed by atoms with Crippen molar-refractivity contribution in [3.63, 3.8) is 0 Å². The zero-order valence-electron chi connectivity index (χ0n) is 17.7. The van der Waals surface area contributed by atoms with E-state index in [0.717, 1.165) is 34.1 Å². The quantitative estimate of drug-likeness (QED) is 0.453. The number of fused-ring (bicyclic) bond motifs is 1. The third-order valence-electron chi connectivity index (χ3n) is 5.05. The van der Waals surface area contributed by atoms with Gasteiger partial charge in [-0.3, -0.25) is 0 Å². The van der Waals surface area contributed by atoms with E-state index in [0.29, 0.717) is 31.0 Å². The predicted octanol–water partition coefficient (Wildman–Crippen LogP) is 3.14. The van der Waals surface area contributed by atoms with Crippen LogP contribution in [0.25, 0.3) is 11.0 Å². The number of benzene rings is 1. The van der Waals surface area contributed by atoms with Gasteiger partial charge in [0, 0.05) is 36.8 Å². The fraction of sp³-hybridized carbons (Fsp3) is 0.333. The average Bonchev–Trinajstić information content (AvgIpc) is 3.29. The molecular formula is C21H23F2N8. The molecule has 0 amide bonds. The van der Waals surface area contributed by atoms with Crippen LogP contribution >= 0.6 is 0 Å². The summed E-state index contributed by atoms with van der Waals surface area (Å²) < 4.78 is 29.4. The van der Waals surface area contributed by atoms with Gasteiger partial charge in [-0.15, -0.1) is 5.10 Å². The van der Waals surface area contributed by atoms with E-state index in [1.54, 1.807) is 7.05 Å². The fourth-order valence-corrected chi connectivity index (χ4v) is 3.63. The maximum atomic E-state index is 13.8. The molecule has 8 nitrogen and oxygen atoms in total. The Hall–Kier alpha value is -3.43. The van der Waals surface area contributed by atoms with Crippen LogP contribution in [0.15, 0.2) is 24.3 Å². The molecule has 0 unspecified atom stereocenters. The number of rotatable bonds is 7. The largest absolute Gasteiger partial charge is 0.329 e. The number of hydrogen-bond donors (Lipinski definition) is 0. The van der Waals surface area contributed by atoms with Crippen LogP contribution in [0.2, 0.25) is 0 Å². The molecule has 1 aromatic carbocycles. The second-order valence-electron chi connectivity index (χ2n) is 7.33. The number of aromatic nitrogens is 7. The van der Waals surface area contributed by atoms with E-state index < -0.39 is 11.6 Å². The molecule has 0 aliphatic rings. The highest BCUT2D eigenvalue weighted by molar-refractivity contribution is 5.79. The zero-order chi connectivity index (χ0) is 22.1. The molecule has 0 fully saturated rings. The van der Waals surface area contributed by atoms with E-state index >= 15 is 0 Å². The van der Waals surface area contributed by atoms with Crippen molar-refractivity contribution < 1.29 is 8.78 Å². The highest BCUT2D eigenvalue weighted by atomic mass is 19.1. The third kappa shape index (κ3) is 4.23. The second-order valence-corrected chi connectivity index (χ2v) is 7.33. The number of anilines is 1. The molecule has 0 N–H and O–H groups in total. The molecule has 3 heterocycles. The first-order valence-electron chi connectivity index (χ1n) is 9.97. The Morgan fingerprint density at radius 3 is 2.42 bits per heavy atom. The Bertz CT molecular complexity index is 1210. The third-order valence-corrected chi connectivity index (χ3v) is 5.05. The normalized spacial score (nSPS) is 11.4. The van der Waals surface area contributed by atoms with Crippen LogP contribution in [0.4, 0.5) is 14.7 Å². The topological polar surface area (TPSA) is 77.6 Å². The molecule has 0 aliphatic carbocycles. The minimum absolute atomic E-state index is 0.197. The van der Waals surface area contributed by atoms with E-state index in [1.807, 2.05) is 29.5 Å². The van der Waals surface area contributed by atoms with E-state index in [2.05, 4.69) is 27.4 Å². The smallest absolute Gasteiger partial charge is 0.266 e. The summed E-state index contributed by atoms with van der Waals surface area (Å²) in [5.74, 6) is -0.916. The van der Waals surface area contributed by atoms with Crippen molar-refractivity contribution in [2.24, 2.45) is 7.05 Å². The molecule has 31 heavy (non-hydrogen) atoms. The van der Waals surface area contributed by atoms with Crippen LogP contribution in [0.3, 0.4) is 0 Å². The molecule has 0 atom stereocenters. The summed E-state index contributed by atoms with van der Waals surface area (Å²) in [6, 6.07) is 5.49. The summed E-state index contributed by atoms with van der Waals surface area (Å²) in [6.45, 7) is 9.27. The minimum Gasteiger partial charge on any atom is -0.329 e. The predicted molar refractivity (Wildman–Crippen MR) is 112 cm³/mol. The van der Waals surface area contributed by atoms with Gasteiger partial charge in [0.15, 0.2) is 5.65 Å². The maximum Gasteiger partial charge on any atom is 0.266 e. The summed E-state index contributed by atoms with van der Waals surface area (Å²) in [6.07, 6.45) is 0.482. The first kappa shape index (κ1) is 20.8. The van der Waals surface area contributed by atoms with Gasteiger partial charge in [-0.25, -0.2) is 18.4 Å². The summed E-state index contributed by atoms with van der Waals surface area (Å²) in [5, 5.41) is 17.8. The van der Waals surface area contributed by atoms with Crippen LogP contribution in [0, 0.1) is 25.5 Å². The van der Waals surface area contributed by atoms with Crippen molar-refractivity contribution in [3.05, 3.63) is 65.3 Å². The van der Waals surface area contributed by atoms with Gasteiger partial charge in [-0.2, -0.15) is 9.90 Å². The van der Waals surface area contributed by atoms with Crippen molar-refractivity contribution in [1.82, 2.24) is 35.0 Å². The molecular weight excluding hydrogens is 402 g/mol. The standard InChI is InChI=1S/C21H23F2N8/c1-5-19-15(9-18-13(3)26-31(6-2)20(18)24-19)12-30(21-25-28-29(4)27-21)11-14-7-16(22)10-17(23)8-14/h7-10H,1,5-6,11-12H2,2-4H3. The number of tetrazole rings is 1. The van der Waals surface area contributed by atoms with Crippen molar-refractivity contribution >= 4 is 17.0 Å². The van der Waals surface area contributed by atoms with Crippen LogP contribution in [0.1, 0.15) is 29.4 Å². The lowest BCUT2D eigenvalue weighted by atomic mass is 10.1. The van der Waals surface area contributed by atoms with Gasteiger partial charge in [0.05, 0.1) is 12.7 Å². The van der Waals surface area contributed by atoms with Gasteiger partial charge < -0.3 is 4.90 Å². The average molecular weight is 425 g/mol. The monoisotopic (exact) mass is 425 g/mol. The number of hydrogen-bond acceptors (Lipinski definition) is 6. The molecule has 0 aliphatic heterocycles. The maximum absolute atomic E-state index is 13.8. The van der Waals surface area contributed by atoms with Gasteiger partial charge in [0.2, 0.25) is 0 Å². The SMILES string of the molecule is [CH2]Cc1nc2c(cc1CN(Cc1cc(F)cc(F)c1)c1nnn(C)n1)c(C)nn2CC. The summed E-state index contributed by atoms with van der Waals surface area (Å²) in [5.41, 5.74) is 3.91. The molecule has 3 aromatic heterocycles. The molecule has 4 rings (SSSR count). The highest BCUT2D eigenvalue weighted by Crippen LogP contribution is 2.24. The molecule has 0 saturated heterocycles. The summed E-state index contributed by atoms with van der Waals surface area (Å²) in [7, 11) is 1.66. The number of nitrogens with zero attached hydrogens (tertiary/aromatic N) is 8. The Morgan fingerprint density at radius 2 is 1.81 bits per heavy atom. The highest BCUT2D eigenvalue weighted by Gasteiger charge is 2.19. The molecule has 161 valence electrons. The van der Waals surface area contributed by atoms with Crippen LogP contribution in [-0.4, -0.2) is 35.0 Å². The van der Waals surface area contributed by atoms with E-state index in [4.69, 9.17) is 4.98 Å². The van der Waals surface area contributed by atoms with Crippen molar-refractivity contribution in [3.8, 4) is 0 Å². The molecule has 0 saturated carbocycles. The van der Waals surface area contributed by atoms with Crippen LogP contribution < -0.4 is 4.90 Å². The van der Waals surface area contributed by atoms with E-state index in [-0.39, 0.29) is 6.54 Å². The molecule has 0 spiro atoms. The minimum atomic E-state index is -0.633. The molecule has 0 bridgehead atoms. The lowest BCUT2D eigenvalue weighted by Gasteiger charge is -2.22. The van der Waals surface area contributed by atoms with E-state index in [9.17, 15) is 8.78 Å². The van der Waals surface area contributed by atoms with Gasteiger partial charge >= 0.3 is 0 Å². The zero-order valence-corrected chi connectivity index (χ0v) is 17.7. The van der Waals surface area contributed by atoms with Crippen molar-refractivity contribution in [2.75, 3.05) is 4.90 Å². The van der Waals surface area contributed by atoms with Crippen molar-refractivity contribution in [2.45, 2.75) is 39.9 Å². The molecule has 4 aromatic rings. The van der Waals surface area contributed by atoms with Crippen molar-refractivity contribution in [1.29, 1.82) is 0 Å². The Kier molecular flexibility index (Phi) is 5.62. The van der Waals surface area contributed by atoms with E-state index in [1.165, 1.54) is 16.9 Å². The first-order valence-corrected chi connectivity index (χ1v) is 9.97. The first-order chi connectivity index (χ1) is 14.9. The Morgan fingerprint density at radius 1 is 1.06 bits per heavy atom. The van der Waals surface area contributed by atoms with Gasteiger partial charge in [0.1, 0.15) is 11.6 Å². The molecule has 10 heteroatoms. The molecule has 1 radical (unpaired) electrons. The lowest BCUT2D eigenvalue weighted by molar-refractivity contribution is 0.578. The number of halogens is 2. The number of aryl methyl sites for hydroxylation is 3. The second kappa shape index (κ2) is 8.37. The fourth-order valence-electron chi connectivity index (χ4n) is 3.63. The van der Waals surface area contributed by atoms with Crippen LogP contribution in [0.5, 0.6) is 0 Å². The summed E-state index contributed by atoms with van der Waals surface area (Å²) >= 11 is 0. The van der Waals surface area contributed by atoms with Crippen LogP contribution in [-0.2, 0) is 33.1 Å². The van der Waals surface area contributed by atoms with Gasteiger partial charge in [-0.05, 0) is 61.7 Å². The number of pyridine rings is 1. The Labute approximate surface area is 178 Å². The van der Waals surface area contributed by atoms with Gasteiger partial charge in [0.25, 0.3) is 5.95 Å². The lowest BCUT2D eigenvalue weighted by Crippen LogP contribution is -2.25. The summed E-state index contributed by atoms with van der Waals surface area (Å²) in [4.78, 5) is 7.95.